The zero-order valence-electron chi connectivity index (χ0n) is 13.7. The Hall–Kier alpha value is -2.34. The first-order chi connectivity index (χ1) is 11.5. The fourth-order valence-corrected chi connectivity index (χ4v) is 3.63. The Kier molecular flexibility index (Phi) is 3.57. The number of nitrogens with one attached hydrogen (secondary N) is 2. The van der Waals surface area contributed by atoms with Crippen molar-refractivity contribution in [2.75, 3.05) is 14.1 Å². The predicted octanol–water partition coefficient (Wildman–Crippen LogP) is 2.62. The van der Waals surface area contributed by atoms with Gasteiger partial charge < -0.3 is 20.1 Å². The van der Waals surface area contributed by atoms with Crippen LogP contribution < -0.4 is 5.32 Å². The quantitative estimate of drug-likeness (QED) is 0.598. The highest BCUT2D eigenvalue weighted by Crippen LogP contribution is 2.41. The Morgan fingerprint density at radius 2 is 1.88 bits per heavy atom. The van der Waals surface area contributed by atoms with E-state index in [4.69, 9.17) is 0 Å². The van der Waals surface area contributed by atoms with E-state index in [1.54, 1.807) is 18.2 Å². The molecular weight excluding hydrogens is 302 g/mol. The summed E-state index contributed by atoms with van der Waals surface area (Å²) in [6, 6.07) is 13.2. The van der Waals surface area contributed by atoms with Crippen LogP contribution in [0.2, 0.25) is 0 Å². The SMILES string of the molecule is CN(C)Cc1[nH]c2ccccc2c1[C@H]1NC(O)c2ccc(O)cc21. The highest BCUT2D eigenvalue weighted by Gasteiger charge is 2.33. The fourth-order valence-electron chi connectivity index (χ4n) is 3.63. The van der Waals surface area contributed by atoms with E-state index in [2.05, 4.69) is 27.3 Å². The number of aromatic nitrogens is 1. The van der Waals surface area contributed by atoms with Gasteiger partial charge in [0.05, 0.1) is 6.04 Å². The lowest BCUT2D eigenvalue weighted by molar-refractivity contribution is 0.146. The minimum Gasteiger partial charge on any atom is -0.508 e. The summed E-state index contributed by atoms with van der Waals surface area (Å²) in [4.78, 5) is 5.62. The number of aromatic amines is 1. The topological polar surface area (TPSA) is 71.5 Å². The van der Waals surface area contributed by atoms with E-state index in [1.165, 1.54) is 0 Å². The maximum atomic E-state index is 10.4. The van der Waals surface area contributed by atoms with E-state index in [0.717, 1.165) is 39.8 Å². The first-order valence-corrected chi connectivity index (χ1v) is 8.05. The van der Waals surface area contributed by atoms with Gasteiger partial charge in [-0.2, -0.15) is 0 Å². The van der Waals surface area contributed by atoms with Crippen LogP contribution in [0, 0.1) is 0 Å². The molecule has 124 valence electrons. The van der Waals surface area contributed by atoms with Crippen LogP contribution in [-0.2, 0) is 6.54 Å². The van der Waals surface area contributed by atoms with Gasteiger partial charge in [0.2, 0.25) is 0 Å². The van der Waals surface area contributed by atoms with Crippen molar-refractivity contribution in [3.8, 4) is 5.75 Å². The van der Waals surface area contributed by atoms with Crippen LogP contribution in [-0.4, -0.2) is 34.2 Å². The molecule has 5 heteroatoms. The second kappa shape index (κ2) is 5.63. The summed E-state index contributed by atoms with van der Waals surface area (Å²) in [7, 11) is 4.07. The monoisotopic (exact) mass is 323 g/mol. The van der Waals surface area contributed by atoms with Crippen LogP contribution in [0.15, 0.2) is 42.5 Å². The molecule has 0 bridgehead atoms. The van der Waals surface area contributed by atoms with Crippen LogP contribution in [0.25, 0.3) is 10.9 Å². The number of fused-ring (bicyclic) bond motifs is 2. The van der Waals surface area contributed by atoms with Gasteiger partial charge in [0.15, 0.2) is 0 Å². The van der Waals surface area contributed by atoms with E-state index in [-0.39, 0.29) is 11.8 Å². The standard InChI is InChI=1S/C19H21N3O2/c1-22(2)10-16-17(13-5-3-4-6-15(13)20-16)18-14-9-11(23)7-8-12(14)19(24)21-18/h3-9,18-21,23-24H,10H2,1-2H3/t18-,19?/m0/s1. The van der Waals surface area contributed by atoms with E-state index < -0.39 is 6.23 Å². The number of phenolic OH excluding ortho intramolecular Hbond substituents is 1. The number of benzene rings is 2. The number of hydrogen-bond acceptors (Lipinski definition) is 4. The number of hydrogen-bond donors (Lipinski definition) is 4. The third-order valence-electron chi connectivity index (χ3n) is 4.59. The van der Waals surface area contributed by atoms with Crippen molar-refractivity contribution in [1.29, 1.82) is 0 Å². The second-order valence-corrected chi connectivity index (χ2v) is 6.62. The first-order valence-electron chi connectivity index (χ1n) is 8.05. The molecule has 3 aromatic rings. The molecule has 0 spiro atoms. The van der Waals surface area contributed by atoms with Gasteiger partial charge in [0, 0.05) is 34.3 Å². The number of phenols is 1. The molecule has 1 unspecified atom stereocenters. The van der Waals surface area contributed by atoms with Gasteiger partial charge in [-0.05, 0) is 37.9 Å². The summed E-state index contributed by atoms with van der Waals surface area (Å²) in [5.74, 6) is 0.212. The fraction of sp³-hybridized carbons (Fsp3) is 0.263. The average molecular weight is 323 g/mol. The molecule has 1 aliphatic rings. The molecule has 2 aromatic carbocycles. The molecule has 0 fully saturated rings. The van der Waals surface area contributed by atoms with Crippen LogP contribution in [0.1, 0.15) is 34.7 Å². The summed E-state index contributed by atoms with van der Waals surface area (Å²) in [6.45, 7) is 0.770. The van der Waals surface area contributed by atoms with Crippen molar-refractivity contribution >= 4 is 10.9 Å². The minimum atomic E-state index is -0.730. The van der Waals surface area contributed by atoms with Gasteiger partial charge in [-0.15, -0.1) is 0 Å². The van der Waals surface area contributed by atoms with Crippen molar-refractivity contribution < 1.29 is 10.2 Å². The number of para-hydroxylation sites is 1. The summed E-state index contributed by atoms with van der Waals surface area (Å²) in [5, 5.41) is 24.7. The lowest BCUT2D eigenvalue weighted by Gasteiger charge is -2.17. The third kappa shape index (κ3) is 2.38. The molecule has 0 radical (unpaired) electrons. The molecule has 4 rings (SSSR count). The first kappa shape index (κ1) is 15.2. The normalized spacial score (nSPS) is 20.0. The largest absolute Gasteiger partial charge is 0.508 e. The Balaban J connectivity index is 1.92. The predicted molar refractivity (Wildman–Crippen MR) is 93.7 cm³/mol. The molecule has 0 aliphatic carbocycles. The molecule has 0 amide bonds. The highest BCUT2D eigenvalue weighted by molar-refractivity contribution is 5.86. The molecule has 2 atom stereocenters. The molecule has 2 heterocycles. The lowest BCUT2D eigenvalue weighted by atomic mass is 9.95. The summed E-state index contributed by atoms with van der Waals surface area (Å²) in [5.41, 5.74) is 5.06. The molecular formula is C19H21N3O2. The summed E-state index contributed by atoms with van der Waals surface area (Å²) >= 11 is 0. The maximum absolute atomic E-state index is 10.4. The molecule has 1 aromatic heterocycles. The van der Waals surface area contributed by atoms with E-state index in [9.17, 15) is 10.2 Å². The minimum absolute atomic E-state index is 0.159. The third-order valence-corrected chi connectivity index (χ3v) is 4.59. The Morgan fingerprint density at radius 3 is 2.67 bits per heavy atom. The van der Waals surface area contributed by atoms with Crippen molar-refractivity contribution in [2.24, 2.45) is 0 Å². The molecule has 0 saturated carbocycles. The zero-order valence-corrected chi connectivity index (χ0v) is 13.7. The Morgan fingerprint density at radius 1 is 1.08 bits per heavy atom. The number of H-pyrrole nitrogens is 1. The van der Waals surface area contributed by atoms with Gasteiger partial charge in [-0.25, -0.2) is 0 Å². The van der Waals surface area contributed by atoms with Gasteiger partial charge in [0.25, 0.3) is 0 Å². The van der Waals surface area contributed by atoms with Gasteiger partial charge in [-0.3, -0.25) is 5.32 Å². The highest BCUT2D eigenvalue weighted by atomic mass is 16.3. The Labute approximate surface area is 140 Å². The average Bonchev–Trinajstić information content (AvgIpc) is 3.04. The van der Waals surface area contributed by atoms with Gasteiger partial charge in [-0.1, -0.05) is 24.3 Å². The van der Waals surface area contributed by atoms with E-state index >= 15 is 0 Å². The van der Waals surface area contributed by atoms with Crippen molar-refractivity contribution in [3.05, 3.63) is 64.8 Å². The molecule has 1 aliphatic heterocycles. The van der Waals surface area contributed by atoms with Crippen molar-refractivity contribution in [1.82, 2.24) is 15.2 Å². The lowest BCUT2D eigenvalue weighted by Crippen LogP contribution is -2.20. The Bertz CT molecular complexity index is 901. The number of aliphatic hydroxyl groups is 1. The number of aromatic hydroxyl groups is 1. The zero-order chi connectivity index (χ0) is 16.8. The van der Waals surface area contributed by atoms with Crippen LogP contribution in [0.4, 0.5) is 0 Å². The van der Waals surface area contributed by atoms with Crippen molar-refractivity contribution in [3.63, 3.8) is 0 Å². The molecule has 5 nitrogen and oxygen atoms in total. The molecule has 4 N–H and O–H groups in total. The number of nitrogens with zero attached hydrogens (tertiary/aromatic N) is 1. The smallest absolute Gasteiger partial charge is 0.132 e. The maximum Gasteiger partial charge on any atom is 0.132 e. The van der Waals surface area contributed by atoms with Gasteiger partial charge in [0.1, 0.15) is 12.0 Å². The van der Waals surface area contributed by atoms with Crippen molar-refractivity contribution in [2.45, 2.75) is 18.8 Å². The second-order valence-electron chi connectivity index (χ2n) is 6.62. The summed E-state index contributed by atoms with van der Waals surface area (Å²) < 4.78 is 0. The van der Waals surface area contributed by atoms with Crippen LogP contribution in [0.5, 0.6) is 5.75 Å². The summed E-state index contributed by atoms with van der Waals surface area (Å²) in [6.07, 6.45) is -0.730. The van der Waals surface area contributed by atoms with Crippen LogP contribution in [0.3, 0.4) is 0 Å². The van der Waals surface area contributed by atoms with E-state index in [1.807, 2.05) is 26.2 Å². The number of rotatable bonds is 3. The van der Waals surface area contributed by atoms with E-state index in [0.29, 0.717) is 0 Å². The molecule has 0 saturated heterocycles. The van der Waals surface area contributed by atoms with Crippen LogP contribution >= 0.6 is 0 Å². The molecule has 24 heavy (non-hydrogen) atoms. The number of aliphatic hydroxyl groups excluding tert-OH is 1. The van der Waals surface area contributed by atoms with Gasteiger partial charge >= 0.3 is 0 Å².